The number of aryl methyl sites for hydroxylation is 2. The average Bonchev–Trinajstić information content (AvgIpc) is 2.49. The molecule has 0 heterocycles. The Morgan fingerprint density at radius 3 is 2.21 bits per heavy atom. The molecule has 1 amide bonds. The summed E-state index contributed by atoms with van der Waals surface area (Å²) in [4.78, 5) is 12.1. The first-order valence-electron chi connectivity index (χ1n) is 7.37. The molecule has 2 aromatic carbocycles. The Morgan fingerprint density at radius 2 is 1.62 bits per heavy atom. The van der Waals surface area contributed by atoms with E-state index in [4.69, 9.17) is 0 Å². The first-order chi connectivity index (χ1) is 11.2. The molecule has 2 N–H and O–H groups in total. The van der Waals surface area contributed by atoms with Crippen molar-refractivity contribution in [2.24, 2.45) is 0 Å². The fourth-order valence-corrected chi connectivity index (χ4v) is 3.55. The van der Waals surface area contributed by atoms with Crippen molar-refractivity contribution in [3.05, 3.63) is 59.2 Å². The second-order valence-electron chi connectivity index (χ2n) is 5.79. The van der Waals surface area contributed by atoms with Crippen LogP contribution in [-0.4, -0.2) is 33.4 Å². The van der Waals surface area contributed by atoms with Crippen LogP contribution in [0.2, 0.25) is 0 Å². The predicted octanol–water partition coefficient (Wildman–Crippen LogP) is 2.31. The van der Waals surface area contributed by atoms with Gasteiger partial charge >= 0.3 is 0 Å². The van der Waals surface area contributed by atoms with Crippen molar-refractivity contribution >= 4 is 21.6 Å². The topological polar surface area (TPSA) is 78.5 Å². The Hall–Kier alpha value is -2.38. The molecule has 0 aromatic heterocycles. The molecule has 0 unspecified atom stereocenters. The highest BCUT2D eigenvalue weighted by atomic mass is 32.2. The maximum Gasteiger partial charge on any atom is 0.265 e. The molecule has 0 aliphatic heterocycles. The standard InChI is InChI=1S/C17H21N3O3S/c1-12-5-6-13(2)16(11-12)24(22,23)19-15-9-7-14(8-10-15)17(21)18-20(3)4/h5-11,19H,1-4H3,(H,18,21). The number of nitrogens with zero attached hydrogens (tertiary/aromatic N) is 1. The Bertz CT molecular complexity index is 844. The van der Waals surface area contributed by atoms with Gasteiger partial charge in [-0.25, -0.2) is 13.4 Å². The molecule has 0 bridgehead atoms. The lowest BCUT2D eigenvalue weighted by Gasteiger charge is -2.13. The monoisotopic (exact) mass is 347 g/mol. The van der Waals surface area contributed by atoms with Crippen molar-refractivity contribution in [1.29, 1.82) is 0 Å². The van der Waals surface area contributed by atoms with Gasteiger partial charge in [0.1, 0.15) is 0 Å². The van der Waals surface area contributed by atoms with Crippen molar-refractivity contribution in [1.82, 2.24) is 10.4 Å². The Balaban J connectivity index is 2.21. The number of carbonyl (C=O) groups is 1. The molecule has 0 saturated carbocycles. The molecule has 0 spiro atoms. The number of carbonyl (C=O) groups excluding carboxylic acids is 1. The third kappa shape index (κ3) is 4.33. The highest BCUT2D eigenvalue weighted by Gasteiger charge is 2.17. The number of anilines is 1. The van der Waals surface area contributed by atoms with E-state index in [1.165, 1.54) is 0 Å². The normalized spacial score (nSPS) is 11.4. The van der Waals surface area contributed by atoms with Crippen LogP contribution in [0.1, 0.15) is 21.5 Å². The second kappa shape index (κ2) is 7.02. The Kier molecular flexibility index (Phi) is 5.26. The number of amides is 1. The van der Waals surface area contributed by atoms with Crippen molar-refractivity contribution in [3.63, 3.8) is 0 Å². The van der Waals surface area contributed by atoms with Gasteiger partial charge in [-0.3, -0.25) is 14.9 Å². The maximum atomic E-state index is 12.5. The zero-order valence-electron chi connectivity index (χ0n) is 14.1. The van der Waals surface area contributed by atoms with Crippen LogP contribution in [0.15, 0.2) is 47.4 Å². The van der Waals surface area contributed by atoms with E-state index in [0.717, 1.165) is 5.56 Å². The van der Waals surface area contributed by atoms with E-state index in [-0.39, 0.29) is 10.8 Å². The zero-order chi connectivity index (χ0) is 17.9. The summed E-state index contributed by atoms with van der Waals surface area (Å²) in [5.74, 6) is -0.260. The summed E-state index contributed by atoms with van der Waals surface area (Å²) >= 11 is 0. The number of hydrogen-bond acceptors (Lipinski definition) is 4. The Labute approximate surface area is 142 Å². The van der Waals surface area contributed by atoms with Crippen molar-refractivity contribution in [2.45, 2.75) is 18.7 Å². The van der Waals surface area contributed by atoms with Gasteiger partial charge in [-0.15, -0.1) is 0 Å². The SMILES string of the molecule is Cc1ccc(C)c(S(=O)(=O)Nc2ccc(C(=O)NN(C)C)cc2)c1. The minimum absolute atomic E-state index is 0.247. The number of nitrogens with one attached hydrogen (secondary N) is 2. The largest absolute Gasteiger partial charge is 0.285 e. The van der Waals surface area contributed by atoms with Gasteiger partial charge in [-0.05, 0) is 55.3 Å². The van der Waals surface area contributed by atoms with E-state index in [9.17, 15) is 13.2 Å². The summed E-state index contributed by atoms with van der Waals surface area (Å²) in [5.41, 5.74) is 5.01. The van der Waals surface area contributed by atoms with Crippen molar-refractivity contribution < 1.29 is 13.2 Å². The highest BCUT2D eigenvalue weighted by Crippen LogP contribution is 2.21. The van der Waals surface area contributed by atoms with E-state index in [1.54, 1.807) is 62.4 Å². The molecule has 0 fully saturated rings. The fourth-order valence-electron chi connectivity index (χ4n) is 2.16. The van der Waals surface area contributed by atoms with Crippen LogP contribution in [0.25, 0.3) is 0 Å². The van der Waals surface area contributed by atoms with Crippen LogP contribution >= 0.6 is 0 Å². The second-order valence-corrected chi connectivity index (χ2v) is 7.44. The number of hydrazine groups is 1. The molecule has 0 atom stereocenters. The lowest BCUT2D eigenvalue weighted by atomic mass is 10.2. The summed E-state index contributed by atoms with van der Waals surface area (Å²) < 4.78 is 27.6. The molecule has 128 valence electrons. The van der Waals surface area contributed by atoms with E-state index in [0.29, 0.717) is 16.8 Å². The van der Waals surface area contributed by atoms with Crippen LogP contribution < -0.4 is 10.1 Å². The summed E-state index contributed by atoms with van der Waals surface area (Å²) in [6.45, 7) is 3.60. The summed E-state index contributed by atoms with van der Waals surface area (Å²) in [7, 11) is -0.252. The fraction of sp³-hybridized carbons (Fsp3) is 0.235. The minimum atomic E-state index is -3.68. The first kappa shape index (κ1) is 18.0. The molecule has 24 heavy (non-hydrogen) atoms. The summed E-state index contributed by atoms with van der Waals surface area (Å²) in [6.07, 6.45) is 0. The predicted molar refractivity (Wildman–Crippen MR) is 94.3 cm³/mol. The van der Waals surface area contributed by atoms with Gasteiger partial charge in [0, 0.05) is 25.3 Å². The smallest absolute Gasteiger partial charge is 0.265 e. The van der Waals surface area contributed by atoms with Crippen LogP contribution in [0.5, 0.6) is 0 Å². The van der Waals surface area contributed by atoms with Crippen LogP contribution in [0, 0.1) is 13.8 Å². The molecule has 6 nitrogen and oxygen atoms in total. The van der Waals surface area contributed by atoms with Gasteiger partial charge in [0.25, 0.3) is 15.9 Å². The molecule has 7 heteroatoms. The van der Waals surface area contributed by atoms with Gasteiger partial charge in [0.15, 0.2) is 0 Å². The van der Waals surface area contributed by atoms with Crippen molar-refractivity contribution in [3.8, 4) is 0 Å². The van der Waals surface area contributed by atoms with E-state index in [2.05, 4.69) is 10.1 Å². The first-order valence-corrected chi connectivity index (χ1v) is 8.86. The molecular formula is C17H21N3O3S. The van der Waals surface area contributed by atoms with Gasteiger partial charge in [0.2, 0.25) is 0 Å². The van der Waals surface area contributed by atoms with Crippen molar-refractivity contribution in [2.75, 3.05) is 18.8 Å². The lowest BCUT2D eigenvalue weighted by molar-refractivity contribution is 0.0857. The highest BCUT2D eigenvalue weighted by molar-refractivity contribution is 7.92. The summed E-state index contributed by atoms with van der Waals surface area (Å²) in [6, 6.07) is 11.5. The Morgan fingerprint density at radius 1 is 1.00 bits per heavy atom. The van der Waals surface area contributed by atoms with Crippen LogP contribution in [0.3, 0.4) is 0 Å². The quantitative estimate of drug-likeness (QED) is 0.814. The summed E-state index contributed by atoms with van der Waals surface area (Å²) in [5, 5.41) is 1.54. The van der Waals surface area contributed by atoms with Gasteiger partial charge in [0.05, 0.1) is 4.90 Å². The number of rotatable bonds is 5. The van der Waals surface area contributed by atoms with Gasteiger partial charge < -0.3 is 0 Å². The molecule has 0 saturated heterocycles. The number of benzene rings is 2. The molecule has 0 aliphatic carbocycles. The number of hydrogen-bond donors (Lipinski definition) is 2. The van der Waals surface area contributed by atoms with Crippen LogP contribution in [0.4, 0.5) is 5.69 Å². The maximum absolute atomic E-state index is 12.5. The molecule has 0 aliphatic rings. The van der Waals surface area contributed by atoms with E-state index >= 15 is 0 Å². The van der Waals surface area contributed by atoms with Gasteiger partial charge in [-0.1, -0.05) is 12.1 Å². The number of sulfonamides is 1. The molecule has 2 aromatic rings. The third-order valence-corrected chi connectivity index (χ3v) is 4.88. The van der Waals surface area contributed by atoms with Crippen LogP contribution in [-0.2, 0) is 10.0 Å². The average molecular weight is 347 g/mol. The third-order valence-electron chi connectivity index (χ3n) is 3.36. The minimum Gasteiger partial charge on any atom is -0.285 e. The molecule has 0 radical (unpaired) electrons. The zero-order valence-corrected chi connectivity index (χ0v) is 14.9. The van der Waals surface area contributed by atoms with Gasteiger partial charge in [-0.2, -0.15) is 0 Å². The lowest BCUT2D eigenvalue weighted by Crippen LogP contribution is -2.36. The molecule has 2 rings (SSSR count). The molecular weight excluding hydrogens is 326 g/mol. The van der Waals surface area contributed by atoms with E-state index < -0.39 is 10.0 Å². The van der Waals surface area contributed by atoms with E-state index in [1.807, 2.05) is 13.0 Å².